The molecule has 2 heterocycles. The third-order valence-corrected chi connectivity index (χ3v) is 6.14. The largest absolute Gasteiger partial charge is 0.322 e. The van der Waals surface area contributed by atoms with Crippen LogP contribution in [0.1, 0.15) is 13.8 Å². The van der Waals surface area contributed by atoms with Crippen molar-refractivity contribution in [3.63, 3.8) is 0 Å². The van der Waals surface area contributed by atoms with E-state index in [1.54, 1.807) is 0 Å². The Morgan fingerprint density at radius 3 is 2.43 bits per heavy atom. The molecule has 1 aromatic rings. The van der Waals surface area contributed by atoms with Crippen molar-refractivity contribution >= 4 is 31.6 Å². The fourth-order valence-electron chi connectivity index (χ4n) is 2.35. The number of aromatic nitrogens is 1. The number of halogens is 1. The molecular formula is C12H20BrN5O2S. The molecule has 1 fully saturated rings. The number of rotatable bonds is 4. The van der Waals surface area contributed by atoms with E-state index in [-0.39, 0.29) is 4.90 Å². The van der Waals surface area contributed by atoms with Gasteiger partial charge in [-0.25, -0.2) is 8.42 Å². The Kier molecular flexibility index (Phi) is 5.20. The quantitative estimate of drug-likeness (QED) is 0.596. The number of piperazine rings is 1. The molecule has 21 heavy (non-hydrogen) atoms. The minimum atomic E-state index is -3.60. The zero-order valence-electron chi connectivity index (χ0n) is 12.1. The SMILES string of the molecule is CC(C)N1CCN(S(=O)(=O)c2cncc(Br)c2NN)CC1. The minimum Gasteiger partial charge on any atom is -0.322 e. The van der Waals surface area contributed by atoms with E-state index in [0.29, 0.717) is 29.3 Å². The molecule has 0 unspecified atom stereocenters. The van der Waals surface area contributed by atoms with Crippen LogP contribution in [0.4, 0.5) is 5.69 Å². The van der Waals surface area contributed by atoms with Gasteiger partial charge in [-0.3, -0.25) is 15.7 Å². The van der Waals surface area contributed by atoms with Crippen molar-refractivity contribution in [1.29, 1.82) is 0 Å². The van der Waals surface area contributed by atoms with Crippen molar-refractivity contribution < 1.29 is 8.42 Å². The second kappa shape index (κ2) is 6.57. The van der Waals surface area contributed by atoms with Crippen LogP contribution in [0.25, 0.3) is 0 Å². The molecule has 0 bridgehead atoms. The summed E-state index contributed by atoms with van der Waals surface area (Å²) in [5, 5.41) is 0. The van der Waals surface area contributed by atoms with Crippen molar-refractivity contribution in [3.8, 4) is 0 Å². The molecule has 0 amide bonds. The molecule has 1 aromatic heterocycles. The van der Waals surface area contributed by atoms with Gasteiger partial charge in [-0.15, -0.1) is 0 Å². The Hall–Kier alpha value is -0.740. The molecule has 2 rings (SSSR count). The lowest BCUT2D eigenvalue weighted by Crippen LogP contribution is -2.50. The topological polar surface area (TPSA) is 91.6 Å². The Balaban J connectivity index is 2.26. The lowest BCUT2D eigenvalue weighted by Gasteiger charge is -2.36. The molecule has 0 radical (unpaired) electrons. The number of anilines is 1. The Labute approximate surface area is 133 Å². The number of pyridine rings is 1. The first-order chi connectivity index (χ1) is 9.87. The summed E-state index contributed by atoms with van der Waals surface area (Å²) in [7, 11) is -3.60. The average molecular weight is 378 g/mol. The summed E-state index contributed by atoms with van der Waals surface area (Å²) >= 11 is 3.26. The van der Waals surface area contributed by atoms with Gasteiger partial charge >= 0.3 is 0 Å². The molecule has 1 aliphatic heterocycles. The van der Waals surface area contributed by atoms with Crippen LogP contribution in [0.5, 0.6) is 0 Å². The van der Waals surface area contributed by atoms with Gasteiger partial charge in [0, 0.05) is 44.6 Å². The van der Waals surface area contributed by atoms with Crippen LogP contribution < -0.4 is 11.3 Å². The summed E-state index contributed by atoms with van der Waals surface area (Å²) in [6.07, 6.45) is 2.83. The minimum absolute atomic E-state index is 0.0948. The highest BCUT2D eigenvalue weighted by Gasteiger charge is 2.31. The van der Waals surface area contributed by atoms with E-state index in [4.69, 9.17) is 5.84 Å². The first-order valence-electron chi connectivity index (χ1n) is 6.72. The van der Waals surface area contributed by atoms with Crippen LogP contribution in [0.15, 0.2) is 21.8 Å². The fourth-order valence-corrected chi connectivity index (χ4v) is 4.47. The highest BCUT2D eigenvalue weighted by molar-refractivity contribution is 9.10. The van der Waals surface area contributed by atoms with Crippen LogP contribution in [0, 0.1) is 0 Å². The molecule has 0 saturated carbocycles. The summed E-state index contributed by atoms with van der Waals surface area (Å²) in [5.41, 5.74) is 2.76. The van der Waals surface area contributed by atoms with Crippen molar-refractivity contribution in [2.24, 2.45) is 5.84 Å². The van der Waals surface area contributed by atoms with Gasteiger partial charge in [-0.05, 0) is 29.8 Å². The van der Waals surface area contributed by atoms with Gasteiger partial charge in [0.1, 0.15) is 4.90 Å². The zero-order chi connectivity index (χ0) is 15.6. The zero-order valence-corrected chi connectivity index (χ0v) is 14.5. The second-order valence-corrected chi connectivity index (χ2v) is 7.93. The van der Waals surface area contributed by atoms with Crippen LogP contribution in [0.2, 0.25) is 0 Å². The molecule has 1 aliphatic rings. The molecule has 0 atom stereocenters. The van der Waals surface area contributed by atoms with Crippen LogP contribution >= 0.6 is 15.9 Å². The van der Waals surface area contributed by atoms with E-state index < -0.39 is 10.0 Å². The number of sulfonamides is 1. The Bertz CT molecular complexity index is 600. The predicted octanol–water partition coefficient (Wildman–Crippen LogP) is 0.844. The number of nitrogens with two attached hydrogens (primary N) is 1. The van der Waals surface area contributed by atoms with Gasteiger partial charge in [0.2, 0.25) is 10.0 Å². The fraction of sp³-hybridized carbons (Fsp3) is 0.583. The van der Waals surface area contributed by atoms with Gasteiger partial charge in [0.25, 0.3) is 0 Å². The molecule has 7 nitrogen and oxygen atoms in total. The maximum absolute atomic E-state index is 12.7. The van der Waals surface area contributed by atoms with Crippen molar-refractivity contribution in [1.82, 2.24) is 14.2 Å². The van der Waals surface area contributed by atoms with Crippen molar-refractivity contribution in [2.75, 3.05) is 31.6 Å². The number of nitrogen functional groups attached to an aromatic ring is 1. The molecule has 1 saturated heterocycles. The summed E-state index contributed by atoms with van der Waals surface area (Å²) < 4.78 is 27.5. The van der Waals surface area contributed by atoms with Gasteiger partial charge in [-0.1, -0.05) is 0 Å². The van der Waals surface area contributed by atoms with E-state index in [1.807, 2.05) is 0 Å². The molecule has 0 aromatic carbocycles. The molecule has 3 N–H and O–H groups in total. The molecular weight excluding hydrogens is 358 g/mol. The van der Waals surface area contributed by atoms with Crippen LogP contribution in [0.3, 0.4) is 0 Å². The Morgan fingerprint density at radius 2 is 1.90 bits per heavy atom. The van der Waals surface area contributed by atoms with Crippen LogP contribution in [-0.2, 0) is 10.0 Å². The first kappa shape index (κ1) is 16.6. The number of nitrogens with one attached hydrogen (secondary N) is 1. The standard InChI is InChI=1S/C12H20BrN5O2S/c1-9(2)17-3-5-18(6-4-17)21(19,20)11-8-15-7-10(13)12(11)16-14/h7-9H,3-6,14H2,1-2H3,(H,15,16). The lowest BCUT2D eigenvalue weighted by molar-refractivity contribution is 0.154. The van der Waals surface area contributed by atoms with Crippen molar-refractivity contribution in [2.45, 2.75) is 24.8 Å². The normalized spacial score (nSPS) is 18.1. The second-order valence-electron chi connectivity index (χ2n) is 5.17. The summed E-state index contributed by atoms with van der Waals surface area (Å²) in [4.78, 5) is 6.29. The first-order valence-corrected chi connectivity index (χ1v) is 8.95. The third kappa shape index (κ3) is 3.37. The monoisotopic (exact) mass is 377 g/mol. The number of hydrogen-bond acceptors (Lipinski definition) is 6. The number of nitrogens with zero attached hydrogens (tertiary/aromatic N) is 3. The maximum Gasteiger partial charge on any atom is 0.246 e. The maximum atomic E-state index is 12.7. The van der Waals surface area contributed by atoms with E-state index in [9.17, 15) is 8.42 Å². The van der Waals surface area contributed by atoms with Gasteiger partial charge < -0.3 is 5.43 Å². The molecule has 9 heteroatoms. The summed E-state index contributed by atoms with van der Waals surface area (Å²) in [6.45, 7) is 6.61. The highest BCUT2D eigenvalue weighted by atomic mass is 79.9. The number of hydrogen-bond donors (Lipinski definition) is 2. The van der Waals surface area contributed by atoms with Gasteiger partial charge in [0.15, 0.2) is 0 Å². The summed E-state index contributed by atoms with van der Waals surface area (Å²) in [5.74, 6) is 5.44. The molecule has 0 aliphatic carbocycles. The number of hydrazine groups is 1. The lowest BCUT2D eigenvalue weighted by atomic mass is 10.3. The molecule has 118 valence electrons. The van der Waals surface area contributed by atoms with E-state index in [1.165, 1.54) is 16.7 Å². The van der Waals surface area contributed by atoms with Crippen LogP contribution in [-0.4, -0.2) is 54.8 Å². The van der Waals surface area contributed by atoms with E-state index in [2.05, 4.69) is 45.1 Å². The third-order valence-electron chi connectivity index (χ3n) is 3.63. The van der Waals surface area contributed by atoms with E-state index >= 15 is 0 Å². The molecule has 0 spiro atoms. The van der Waals surface area contributed by atoms with E-state index in [0.717, 1.165) is 13.1 Å². The average Bonchev–Trinajstić information content (AvgIpc) is 2.47. The van der Waals surface area contributed by atoms with Gasteiger partial charge in [0.05, 0.1) is 10.2 Å². The smallest absolute Gasteiger partial charge is 0.246 e. The van der Waals surface area contributed by atoms with Crippen molar-refractivity contribution in [3.05, 3.63) is 16.9 Å². The van der Waals surface area contributed by atoms with Gasteiger partial charge in [-0.2, -0.15) is 4.31 Å². The Morgan fingerprint density at radius 1 is 1.29 bits per heavy atom. The predicted molar refractivity (Wildman–Crippen MR) is 85.2 cm³/mol. The summed E-state index contributed by atoms with van der Waals surface area (Å²) in [6, 6.07) is 0.420. The highest BCUT2D eigenvalue weighted by Crippen LogP contribution is 2.30.